The second kappa shape index (κ2) is 10.7. The van der Waals surface area contributed by atoms with Crippen molar-refractivity contribution in [2.24, 2.45) is 7.05 Å². The first-order valence-corrected chi connectivity index (χ1v) is 12.2. The van der Waals surface area contributed by atoms with Gasteiger partial charge in [0.1, 0.15) is 11.5 Å². The maximum Gasteiger partial charge on any atom is 0.347 e. The van der Waals surface area contributed by atoms with Crippen LogP contribution < -0.4 is 10.1 Å². The Hall–Kier alpha value is -4.33. The lowest BCUT2D eigenvalue weighted by Gasteiger charge is -2.27. The summed E-state index contributed by atoms with van der Waals surface area (Å²) in [4.78, 5) is 24.5. The molecule has 2 aromatic heterocycles. The van der Waals surface area contributed by atoms with Crippen LogP contribution in [0.5, 0.6) is 5.75 Å². The molecule has 0 fully saturated rings. The highest BCUT2D eigenvalue weighted by molar-refractivity contribution is 5.93. The van der Waals surface area contributed by atoms with Crippen LogP contribution in [-0.2, 0) is 18.4 Å². The van der Waals surface area contributed by atoms with Gasteiger partial charge in [-0.1, -0.05) is 49.7 Å². The van der Waals surface area contributed by atoms with E-state index < -0.39 is 11.6 Å². The molecule has 1 atom stereocenters. The fraction of sp³-hybridized carbons (Fsp3) is 0.276. The topological polar surface area (TPSA) is 107 Å². The normalized spacial score (nSPS) is 12.6. The number of aliphatic carboxylic acids is 1. The number of amides is 1. The van der Waals surface area contributed by atoms with Crippen molar-refractivity contribution in [2.75, 3.05) is 0 Å². The number of ether oxygens (including phenoxy) is 1. The quantitative estimate of drug-likeness (QED) is 0.293. The van der Waals surface area contributed by atoms with Crippen molar-refractivity contribution in [3.8, 4) is 28.3 Å². The van der Waals surface area contributed by atoms with Crippen LogP contribution in [-0.4, -0.2) is 32.4 Å². The Kier molecular flexibility index (Phi) is 7.47. The molecule has 0 aliphatic rings. The summed E-state index contributed by atoms with van der Waals surface area (Å²) in [5, 5.41) is 16.9. The van der Waals surface area contributed by atoms with Gasteiger partial charge in [0.05, 0.1) is 12.0 Å². The number of carbonyl (C=O) groups excluding carboxylic acids is 1. The monoisotopic (exact) mass is 501 g/mol. The van der Waals surface area contributed by atoms with Gasteiger partial charge in [-0.2, -0.15) is 5.10 Å². The minimum absolute atomic E-state index is 0.284. The van der Waals surface area contributed by atoms with Crippen LogP contribution in [0.25, 0.3) is 22.6 Å². The summed E-state index contributed by atoms with van der Waals surface area (Å²) < 4.78 is 13.0. The number of carboxylic acids is 1. The number of rotatable bonds is 10. The van der Waals surface area contributed by atoms with Gasteiger partial charge in [0.15, 0.2) is 5.69 Å². The van der Waals surface area contributed by atoms with Crippen LogP contribution in [0.15, 0.2) is 71.3 Å². The molecule has 37 heavy (non-hydrogen) atoms. The molecule has 0 saturated carbocycles. The summed E-state index contributed by atoms with van der Waals surface area (Å²) >= 11 is 0. The third kappa shape index (κ3) is 5.74. The molecule has 2 N–H and O–H groups in total. The van der Waals surface area contributed by atoms with Crippen LogP contribution in [0.4, 0.5) is 0 Å². The van der Waals surface area contributed by atoms with E-state index in [4.69, 9.17) is 9.15 Å². The Labute approximate surface area is 215 Å². The van der Waals surface area contributed by atoms with Gasteiger partial charge in [0.2, 0.25) is 5.60 Å². The summed E-state index contributed by atoms with van der Waals surface area (Å²) in [6.07, 6.45) is 2.73. The molecule has 1 unspecified atom stereocenters. The van der Waals surface area contributed by atoms with E-state index in [2.05, 4.69) is 10.4 Å². The number of hydrogen-bond acceptors (Lipinski definition) is 5. The van der Waals surface area contributed by atoms with Gasteiger partial charge in [0.25, 0.3) is 5.91 Å². The van der Waals surface area contributed by atoms with Crippen molar-refractivity contribution in [3.05, 3.63) is 83.7 Å². The first-order chi connectivity index (χ1) is 17.7. The Morgan fingerprint density at radius 1 is 1.11 bits per heavy atom. The molecule has 2 aromatic carbocycles. The average molecular weight is 502 g/mol. The number of carbonyl (C=O) groups is 2. The first-order valence-electron chi connectivity index (χ1n) is 12.2. The lowest BCUT2D eigenvalue weighted by molar-refractivity contribution is -0.154. The molecular weight excluding hydrogens is 470 g/mol. The van der Waals surface area contributed by atoms with Crippen molar-refractivity contribution in [3.63, 3.8) is 0 Å². The summed E-state index contributed by atoms with van der Waals surface area (Å²) in [6.45, 7) is 5.67. The predicted octanol–water partition coefficient (Wildman–Crippen LogP) is 5.61. The highest BCUT2D eigenvalue weighted by Gasteiger charge is 2.35. The zero-order chi connectivity index (χ0) is 26.6. The molecule has 4 rings (SSSR count). The molecular formula is C29H31N3O5. The van der Waals surface area contributed by atoms with E-state index >= 15 is 0 Å². The molecule has 0 bridgehead atoms. The zero-order valence-electron chi connectivity index (χ0n) is 21.4. The van der Waals surface area contributed by atoms with Crippen molar-refractivity contribution < 1.29 is 23.8 Å². The van der Waals surface area contributed by atoms with Gasteiger partial charge in [-0.15, -0.1) is 0 Å². The van der Waals surface area contributed by atoms with Crippen molar-refractivity contribution >= 4 is 11.9 Å². The molecule has 0 aliphatic carbocycles. The van der Waals surface area contributed by atoms with Crippen LogP contribution in [0, 0.1) is 6.92 Å². The van der Waals surface area contributed by atoms with E-state index in [9.17, 15) is 14.7 Å². The van der Waals surface area contributed by atoms with Crippen molar-refractivity contribution in [1.82, 2.24) is 15.1 Å². The zero-order valence-corrected chi connectivity index (χ0v) is 21.4. The molecule has 0 radical (unpaired) electrons. The van der Waals surface area contributed by atoms with Crippen LogP contribution in [0.3, 0.4) is 0 Å². The van der Waals surface area contributed by atoms with Gasteiger partial charge < -0.3 is 19.6 Å². The number of aromatic nitrogens is 2. The van der Waals surface area contributed by atoms with Gasteiger partial charge >= 0.3 is 5.97 Å². The minimum atomic E-state index is -1.29. The summed E-state index contributed by atoms with van der Waals surface area (Å²) in [6, 6.07) is 18.9. The smallest absolute Gasteiger partial charge is 0.347 e. The van der Waals surface area contributed by atoms with Crippen LogP contribution >= 0.6 is 0 Å². The average Bonchev–Trinajstić information content (AvgIpc) is 3.54. The number of carboxylic acid groups (broad SMARTS) is 1. The highest BCUT2D eigenvalue weighted by Crippen LogP contribution is 2.28. The van der Waals surface area contributed by atoms with E-state index in [1.54, 1.807) is 37.0 Å². The second-order valence-corrected chi connectivity index (χ2v) is 9.26. The van der Waals surface area contributed by atoms with E-state index in [0.29, 0.717) is 30.8 Å². The van der Waals surface area contributed by atoms with Gasteiger partial charge in [0, 0.05) is 19.2 Å². The maximum absolute atomic E-state index is 12.8. The molecule has 8 heteroatoms. The number of aryl methyl sites for hydroxylation is 2. The number of nitrogens with zero attached hydrogens (tertiary/aromatic N) is 2. The molecule has 192 valence electrons. The molecule has 0 spiro atoms. The highest BCUT2D eigenvalue weighted by atomic mass is 16.5. The first kappa shape index (κ1) is 25.8. The predicted molar refractivity (Wildman–Crippen MR) is 140 cm³/mol. The third-order valence-corrected chi connectivity index (χ3v) is 6.31. The molecule has 2 heterocycles. The Morgan fingerprint density at radius 2 is 1.84 bits per heavy atom. The maximum atomic E-state index is 12.8. The molecule has 4 aromatic rings. The lowest BCUT2D eigenvalue weighted by atomic mass is 10.00. The number of benzene rings is 2. The van der Waals surface area contributed by atoms with E-state index in [1.807, 2.05) is 62.4 Å². The largest absolute Gasteiger partial charge is 0.478 e. The summed E-state index contributed by atoms with van der Waals surface area (Å²) in [5.74, 6) is 0.0332. The van der Waals surface area contributed by atoms with Gasteiger partial charge in [-0.25, -0.2) is 4.79 Å². The molecule has 1 amide bonds. The Bertz CT molecular complexity index is 1390. The molecule has 0 saturated heterocycles. The number of hydrogen-bond donors (Lipinski definition) is 2. The number of nitrogens with one attached hydrogen (secondary N) is 1. The van der Waals surface area contributed by atoms with Gasteiger partial charge in [-0.05, 0) is 61.2 Å². The third-order valence-electron chi connectivity index (χ3n) is 6.31. The fourth-order valence-corrected chi connectivity index (χ4v) is 4.23. The molecule has 8 nitrogen and oxygen atoms in total. The fourth-order valence-electron chi connectivity index (χ4n) is 4.23. The van der Waals surface area contributed by atoms with Crippen LogP contribution in [0.1, 0.15) is 48.3 Å². The van der Waals surface area contributed by atoms with E-state index in [0.717, 1.165) is 33.7 Å². The SMILES string of the molecule is CCCC(C)(Oc1ccc(CNC(=O)c2cc(-c3ccc(-c4ccco4)cc3)n(C)n2)cc1C)C(=O)O. The van der Waals surface area contributed by atoms with Crippen LogP contribution in [0.2, 0.25) is 0 Å². The van der Waals surface area contributed by atoms with Gasteiger partial charge in [-0.3, -0.25) is 9.48 Å². The summed E-state index contributed by atoms with van der Waals surface area (Å²) in [7, 11) is 1.80. The van der Waals surface area contributed by atoms with E-state index in [1.165, 1.54) is 0 Å². The lowest BCUT2D eigenvalue weighted by Crippen LogP contribution is -2.41. The minimum Gasteiger partial charge on any atom is -0.478 e. The molecule has 0 aliphatic heterocycles. The summed E-state index contributed by atoms with van der Waals surface area (Å²) in [5.41, 5.74) is 3.43. The Balaban J connectivity index is 1.41. The van der Waals surface area contributed by atoms with Crippen molar-refractivity contribution in [2.45, 2.75) is 45.8 Å². The van der Waals surface area contributed by atoms with E-state index in [-0.39, 0.29) is 5.91 Å². The van der Waals surface area contributed by atoms with Crippen molar-refractivity contribution in [1.29, 1.82) is 0 Å². The number of furan rings is 1. The Morgan fingerprint density at radius 3 is 2.46 bits per heavy atom. The second-order valence-electron chi connectivity index (χ2n) is 9.26. The standard InChI is InChI=1S/C29H31N3O5/c1-5-14-29(3,28(34)35)37-25-13-8-20(16-19(25)2)18-30-27(33)23-17-24(32(4)31-23)21-9-11-22(12-10-21)26-7-6-15-36-26/h6-13,15-17H,5,14,18H2,1-4H3,(H,30,33)(H,34,35).